The topological polar surface area (TPSA) is 0 Å². The van der Waals surface area contributed by atoms with Crippen LogP contribution in [0, 0.1) is 0 Å². The summed E-state index contributed by atoms with van der Waals surface area (Å²) in [7, 11) is 0. The summed E-state index contributed by atoms with van der Waals surface area (Å²) in [5.74, 6) is -7.75. The molecule has 0 N–H and O–H groups in total. The Bertz CT molecular complexity index is 219. The fourth-order valence-electron chi connectivity index (χ4n) is 1.36. The monoisotopic (exact) mass is 268 g/mol. The minimum absolute atomic E-state index is 0.242. The molecule has 0 aliphatic carbocycles. The quantitative estimate of drug-likeness (QED) is 0.441. The van der Waals surface area contributed by atoms with Gasteiger partial charge in [0.1, 0.15) is 0 Å². The number of hydrogen-bond donors (Lipinski definition) is 0. The van der Waals surface area contributed by atoms with Gasteiger partial charge in [0.15, 0.2) is 0 Å². The first-order valence-electron chi connectivity index (χ1n) is 5.34. The van der Waals surface area contributed by atoms with Crippen LogP contribution in [0.25, 0.3) is 0 Å². The molecule has 0 spiro atoms. The maximum absolute atomic E-state index is 12.9. The van der Waals surface area contributed by atoms with Crippen LogP contribution >= 0.6 is 0 Å². The fourth-order valence-corrected chi connectivity index (χ4v) is 1.36. The van der Waals surface area contributed by atoms with Crippen molar-refractivity contribution in [3.8, 4) is 0 Å². The van der Waals surface area contributed by atoms with E-state index in [-0.39, 0.29) is 19.3 Å². The second-order valence-corrected chi connectivity index (χ2v) is 4.02. The normalized spacial score (nSPS) is 14.1. The van der Waals surface area contributed by atoms with E-state index in [4.69, 9.17) is 0 Å². The third-order valence-corrected chi connectivity index (χ3v) is 2.31. The van der Waals surface area contributed by atoms with Crippen LogP contribution in [0.5, 0.6) is 0 Å². The summed E-state index contributed by atoms with van der Waals surface area (Å²) >= 11 is 0. The van der Waals surface area contributed by atoms with Crippen molar-refractivity contribution in [2.45, 2.75) is 63.5 Å². The van der Waals surface area contributed by atoms with E-state index in [9.17, 15) is 30.7 Å². The second-order valence-electron chi connectivity index (χ2n) is 4.02. The molecule has 0 rings (SSSR count). The van der Waals surface area contributed by atoms with Crippen LogP contribution in [0.2, 0.25) is 0 Å². The van der Waals surface area contributed by atoms with Gasteiger partial charge in [-0.25, -0.2) is 8.78 Å². The Labute approximate surface area is 95.2 Å². The standard InChI is InChI=1S/C10H15F7/c1-2-5-8(11,12)6-3-4-7-9(13,14)10(15,16)17/h2-7H2,1H3. The molecule has 0 unspecified atom stereocenters. The predicted octanol–water partition coefficient (Wildman–Crippen LogP) is 5.18. The smallest absolute Gasteiger partial charge is 0.207 e. The third-order valence-electron chi connectivity index (χ3n) is 2.31. The molecule has 0 saturated heterocycles. The number of hydrogen-bond acceptors (Lipinski definition) is 0. The molecule has 0 aromatic carbocycles. The Balaban J connectivity index is 3.94. The Morgan fingerprint density at radius 1 is 0.706 bits per heavy atom. The first-order chi connectivity index (χ1) is 7.52. The molecule has 0 heterocycles. The summed E-state index contributed by atoms with van der Waals surface area (Å²) in [6.45, 7) is 1.55. The first kappa shape index (κ1) is 16.5. The van der Waals surface area contributed by atoms with E-state index in [0.717, 1.165) is 0 Å². The van der Waals surface area contributed by atoms with Gasteiger partial charge in [0.05, 0.1) is 0 Å². The third kappa shape index (κ3) is 6.12. The minimum atomic E-state index is -5.60. The van der Waals surface area contributed by atoms with Crippen LogP contribution in [-0.4, -0.2) is 18.0 Å². The molecule has 0 saturated carbocycles. The van der Waals surface area contributed by atoms with E-state index >= 15 is 0 Å². The summed E-state index contributed by atoms with van der Waals surface area (Å²) in [5, 5.41) is 0. The molecule has 17 heavy (non-hydrogen) atoms. The van der Waals surface area contributed by atoms with Crippen molar-refractivity contribution in [3.63, 3.8) is 0 Å². The molecule has 0 radical (unpaired) electrons. The van der Waals surface area contributed by atoms with Crippen LogP contribution in [0.4, 0.5) is 30.7 Å². The van der Waals surface area contributed by atoms with Gasteiger partial charge in [-0.2, -0.15) is 22.0 Å². The molecule has 0 aromatic rings. The van der Waals surface area contributed by atoms with Crippen LogP contribution in [0.3, 0.4) is 0 Å². The highest BCUT2D eigenvalue weighted by Gasteiger charge is 2.56. The van der Waals surface area contributed by atoms with Gasteiger partial charge in [-0.15, -0.1) is 0 Å². The Morgan fingerprint density at radius 3 is 1.59 bits per heavy atom. The number of alkyl halides is 7. The molecule has 0 amide bonds. The summed E-state index contributed by atoms with van der Waals surface area (Å²) in [5.41, 5.74) is 0. The number of halogens is 7. The van der Waals surface area contributed by atoms with E-state index in [1.807, 2.05) is 0 Å². The summed E-state index contributed by atoms with van der Waals surface area (Å²) in [4.78, 5) is 0. The molecule has 0 aliphatic rings. The van der Waals surface area contributed by atoms with Gasteiger partial charge in [-0.3, -0.25) is 0 Å². The Kier molecular flexibility index (Phi) is 5.74. The molecule has 0 atom stereocenters. The van der Waals surface area contributed by atoms with Crippen molar-refractivity contribution in [1.29, 1.82) is 0 Å². The Hall–Kier alpha value is -0.490. The molecular formula is C10H15F7. The molecule has 0 aromatic heterocycles. The average Bonchev–Trinajstić information content (AvgIpc) is 2.10. The number of unbranched alkanes of at least 4 members (excludes halogenated alkanes) is 1. The van der Waals surface area contributed by atoms with E-state index in [2.05, 4.69) is 0 Å². The van der Waals surface area contributed by atoms with Gasteiger partial charge in [0.25, 0.3) is 0 Å². The minimum Gasteiger partial charge on any atom is -0.207 e. The van der Waals surface area contributed by atoms with E-state index in [0.29, 0.717) is 0 Å². The molecule has 7 heteroatoms. The lowest BCUT2D eigenvalue weighted by Crippen LogP contribution is -2.36. The zero-order valence-electron chi connectivity index (χ0n) is 9.39. The van der Waals surface area contributed by atoms with Gasteiger partial charge in [-0.1, -0.05) is 13.3 Å². The highest BCUT2D eigenvalue weighted by Crippen LogP contribution is 2.39. The zero-order chi connectivity index (χ0) is 13.7. The largest absolute Gasteiger partial charge is 0.453 e. The van der Waals surface area contributed by atoms with Gasteiger partial charge >= 0.3 is 12.1 Å². The predicted molar refractivity (Wildman–Crippen MR) is 49.3 cm³/mol. The van der Waals surface area contributed by atoms with E-state index < -0.39 is 37.3 Å². The lowest BCUT2D eigenvalue weighted by Gasteiger charge is -2.20. The summed E-state index contributed by atoms with van der Waals surface area (Å²) < 4.78 is 85.7. The van der Waals surface area contributed by atoms with Crippen molar-refractivity contribution in [1.82, 2.24) is 0 Å². The Morgan fingerprint density at radius 2 is 1.18 bits per heavy atom. The van der Waals surface area contributed by atoms with Gasteiger partial charge in [0.2, 0.25) is 5.92 Å². The molecule has 104 valence electrons. The van der Waals surface area contributed by atoms with Crippen molar-refractivity contribution in [2.75, 3.05) is 0 Å². The average molecular weight is 268 g/mol. The van der Waals surface area contributed by atoms with Crippen molar-refractivity contribution in [3.05, 3.63) is 0 Å². The van der Waals surface area contributed by atoms with Crippen LogP contribution < -0.4 is 0 Å². The molecule has 0 bridgehead atoms. The molecule has 0 aliphatic heterocycles. The van der Waals surface area contributed by atoms with E-state index in [1.54, 1.807) is 6.92 Å². The maximum Gasteiger partial charge on any atom is 0.453 e. The lowest BCUT2D eigenvalue weighted by atomic mass is 10.0. The highest BCUT2D eigenvalue weighted by molar-refractivity contribution is 4.76. The van der Waals surface area contributed by atoms with Crippen molar-refractivity contribution < 1.29 is 30.7 Å². The van der Waals surface area contributed by atoms with Crippen molar-refractivity contribution in [2.24, 2.45) is 0 Å². The van der Waals surface area contributed by atoms with Crippen LogP contribution in [0.15, 0.2) is 0 Å². The summed E-state index contributed by atoms with van der Waals surface area (Å²) in [6.07, 6.45) is -8.70. The molecule has 0 fully saturated rings. The van der Waals surface area contributed by atoms with Gasteiger partial charge in [0, 0.05) is 19.3 Å². The van der Waals surface area contributed by atoms with Crippen LogP contribution in [0.1, 0.15) is 45.4 Å². The van der Waals surface area contributed by atoms with Crippen molar-refractivity contribution >= 4 is 0 Å². The zero-order valence-corrected chi connectivity index (χ0v) is 9.39. The first-order valence-corrected chi connectivity index (χ1v) is 5.34. The molecule has 0 nitrogen and oxygen atoms in total. The van der Waals surface area contributed by atoms with Gasteiger partial charge in [-0.05, 0) is 12.8 Å². The highest BCUT2D eigenvalue weighted by atomic mass is 19.4. The number of rotatable bonds is 7. The maximum atomic E-state index is 12.9. The lowest BCUT2D eigenvalue weighted by molar-refractivity contribution is -0.284. The van der Waals surface area contributed by atoms with E-state index in [1.165, 1.54) is 0 Å². The van der Waals surface area contributed by atoms with Crippen LogP contribution in [-0.2, 0) is 0 Å². The van der Waals surface area contributed by atoms with Gasteiger partial charge < -0.3 is 0 Å². The second kappa shape index (κ2) is 5.91. The molecular weight excluding hydrogens is 253 g/mol. The summed E-state index contributed by atoms with van der Waals surface area (Å²) in [6, 6.07) is 0. The SMILES string of the molecule is CCCC(F)(F)CCCCC(F)(F)C(F)(F)F. The fraction of sp³-hybridized carbons (Fsp3) is 1.00.